The van der Waals surface area contributed by atoms with Crippen LogP contribution >= 0.6 is 22.9 Å². The van der Waals surface area contributed by atoms with E-state index in [0.29, 0.717) is 22.4 Å². The SMILES string of the molecule is COc1cc(Cl)ccc1-c1noc(N)c1-c1cccs1. The first-order valence-corrected chi connectivity index (χ1v) is 7.09. The summed E-state index contributed by atoms with van der Waals surface area (Å²) in [6, 6.07) is 9.28. The molecule has 0 aliphatic carbocycles. The summed E-state index contributed by atoms with van der Waals surface area (Å²) in [5.41, 5.74) is 8.12. The molecule has 0 fully saturated rings. The molecule has 2 heterocycles. The van der Waals surface area contributed by atoms with E-state index in [2.05, 4.69) is 5.16 Å². The van der Waals surface area contributed by atoms with Crippen molar-refractivity contribution in [3.8, 4) is 27.4 Å². The topological polar surface area (TPSA) is 61.3 Å². The number of aromatic nitrogens is 1. The number of hydrogen-bond donors (Lipinski definition) is 1. The fourth-order valence-electron chi connectivity index (χ4n) is 2.01. The summed E-state index contributed by atoms with van der Waals surface area (Å²) in [6.07, 6.45) is 0. The van der Waals surface area contributed by atoms with Crippen molar-refractivity contribution in [1.29, 1.82) is 0 Å². The monoisotopic (exact) mass is 306 g/mol. The summed E-state index contributed by atoms with van der Waals surface area (Å²) in [5, 5.41) is 6.64. The van der Waals surface area contributed by atoms with Crippen molar-refractivity contribution in [3.05, 3.63) is 40.7 Å². The van der Waals surface area contributed by atoms with Crippen LogP contribution in [0.25, 0.3) is 21.7 Å². The van der Waals surface area contributed by atoms with E-state index in [4.69, 9.17) is 26.6 Å². The quantitative estimate of drug-likeness (QED) is 0.783. The molecule has 3 rings (SSSR count). The molecular weight excluding hydrogens is 296 g/mol. The third-order valence-corrected chi connectivity index (χ3v) is 4.03. The zero-order valence-corrected chi connectivity index (χ0v) is 12.2. The lowest BCUT2D eigenvalue weighted by Gasteiger charge is -2.07. The Balaban J connectivity index is 2.22. The van der Waals surface area contributed by atoms with Crippen molar-refractivity contribution >= 4 is 28.8 Å². The first-order chi connectivity index (χ1) is 9.70. The fraction of sp³-hybridized carbons (Fsp3) is 0.0714. The molecule has 0 saturated carbocycles. The van der Waals surface area contributed by atoms with Crippen molar-refractivity contribution in [2.75, 3.05) is 12.8 Å². The van der Waals surface area contributed by atoms with Gasteiger partial charge in [0, 0.05) is 15.5 Å². The van der Waals surface area contributed by atoms with E-state index in [1.165, 1.54) is 0 Å². The van der Waals surface area contributed by atoms with Gasteiger partial charge in [-0.2, -0.15) is 0 Å². The molecule has 0 radical (unpaired) electrons. The minimum atomic E-state index is 0.291. The van der Waals surface area contributed by atoms with Crippen molar-refractivity contribution in [2.45, 2.75) is 0 Å². The van der Waals surface area contributed by atoms with E-state index >= 15 is 0 Å². The Kier molecular flexibility index (Phi) is 3.38. The smallest absolute Gasteiger partial charge is 0.231 e. The second-order valence-corrected chi connectivity index (χ2v) is 5.48. The van der Waals surface area contributed by atoms with E-state index in [1.54, 1.807) is 30.6 Å². The van der Waals surface area contributed by atoms with Crippen LogP contribution < -0.4 is 10.5 Å². The van der Waals surface area contributed by atoms with Gasteiger partial charge >= 0.3 is 0 Å². The van der Waals surface area contributed by atoms with Gasteiger partial charge in [0.15, 0.2) is 0 Å². The molecule has 0 atom stereocenters. The molecule has 3 aromatic rings. The maximum atomic E-state index is 5.98. The largest absolute Gasteiger partial charge is 0.496 e. The second kappa shape index (κ2) is 5.19. The predicted octanol–water partition coefficient (Wildman–Crippen LogP) is 4.31. The maximum Gasteiger partial charge on any atom is 0.231 e. The molecule has 0 unspecified atom stereocenters. The summed E-state index contributed by atoms with van der Waals surface area (Å²) >= 11 is 7.55. The van der Waals surface area contributed by atoms with E-state index in [1.807, 2.05) is 23.6 Å². The van der Waals surface area contributed by atoms with E-state index in [0.717, 1.165) is 16.0 Å². The van der Waals surface area contributed by atoms with Crippen LogP contribution in [0.15, 0.2) is 40.2 Å². The minimum Gasteiger partial charge on any atom is -0.496 e. The second-order valence-electron chi connectivity index (χ2n) is 4.09. The van der Waals surface area contributed by atoms with Crippen molar-refractivity contribution in [3.63, 3.8) is 0 Å². The predicted molar refractivity (Wildman–Crippen MR) is 81.2 cm³/mol. The van der Waals surface area contributed by atoms with Crippen LogP contribution in [0.5, 0.6) is 5.75 Å². The standard InChI is InChI=1S/C14H11ClN2O2S/c1-18-10-7-8(15)4-5-9(10)13-12(14(16)19-17-13)11-3-2-6-20-11/h2-7H,16H2,1H3. The van der Waals surface area contributed by atoms with Gasteiger partial charge in [0.1, 0.15) is 11.4 Å². The highest BCUT2D eigenvalue weighted by molar-refractivity contribution is 7.13. The lowest BCUT2D eigenvalue weighted by atomic mass is 10.1. The minimum absolute atomic E-state index is 0.291. The molecule has 1 aromatic carbocycles. The number of rotatable bonds is 3. The number of nitrogens with zero attached hydrogens (tertiary/aromatic N) is 1. The number of anilines is 1. The third-order valence-electron chi connectivity index (χ3n) is 2.90. The summed E-state index contributed by atoms with van der Waals surface area (Å²) in [4.78, 5) is 0.996. The molecular formula is C14H11ClN2O2S. The maximum absolute atomic E-state index is 5.98. The summed E-state index contributed by atoms with van der Waals surface area (Å²) in [6.45, 7) is 0. The van der Waals surface area contributed by atoms with Crippen molar-refractivity contribution < 1.29 is 9.26 Å². The van der Waals surface area contributed by atoms with Crippen LogP contribution in [0.1, 0.15) is 0 Å². The van der Waals surface area contributed by atoms with Gasteiger partial charge in [-0.05, 0) is 29.6 Å². The molecule has 0 saturated heterocycles. The van der Waals surface area contributed by atoms with Gasteiger partial charge in [0.25, 0.3) is 0 Å². The molecule has 102 valence electrons. The Hall–Kier alpha value is -1.98. The molecule has 6 heteroatoms. The lowest BCUT2D eigenvalue weighted by Crippen LogP contribution is -1.90. The Labute approximate surface area is 124 Å². The zero-order valence-electron chi connectivity index (χ0n) is 10.6. The average molecular weight is 307 g/mol. The molecule has 0 aliphatic heterocycles. The zero-order chi connectivity index (χ0) is 14.1. The molecule has 2 N–H and O–H groups in total. The first-order valence-electron chi connectivity index (χ1n) is 5.83. The van der Waals surface area contributed by atoms with E-state index < -0.39 is 0 Å². The van der Waals surface area contributed by atoms with Crippen LogP contribution in [0.3, 0.4) is 0 Å². The molecule has 20 heavy (non-hydrogen) atoms. The van der Waals surface area contributed by atoms with Crippen LogP contribution in [-0.4, -0.2) is 12.3 Å². The molecule has 2 aromatic heterocycles. The molecule has 0 amide bonds. The lowest BCUT2D eigenvalue weighted by molar-refractivity contribution is 0.414. The highest BCUT2D eigenvalue weighted by atomic mass is 35.5. The number of nitrogens with two attached hydrogens (primary N) is 1. The van der Waals surface area contributed by atoms with Gasteiger partial charge in [-0.15, -0.1) is 11.3 Å². The molecule has 0 aliphatic rings. The van der Waals surface area contributed by atoms with Crippen LogP contribution in [-0.2, 0) is 0 Å². The number of nitrogen functional groups attached to an aromatic ring is 1. The summed E-state index contributed by atoms with van der Waals surface area (Å²) in [5.74, 6) is 0.919. The Morgan fingerprint density at radius 1 is 1.35 bits per heavy atom. The van der Waals surface area contributed by atoms with Gasteiger partial charge < -0.3 is 15.0 Å². The number of thiophene rings is 1. The van der Waals surface area contributed by atoms with Crippen LogP contribution in [0.2, 0.25) is 5.02 Å². The highest BCUT2D eigenvalue weighted by Gasteiger charge is 2.21. The van der Waals surface area contributed by atoms with Gasteiger partial charge in [0.2, 0.25) is 5.88 Å². The number of halogens is 1. The normalized spacial score (nSPS) is 10.7. The Morgan fingerprint density at radius 2 is 2.20 bits per heavy atom. The van der Waals surface area contributed by atoms with Gasteiger partial charge in [-0.25, -0.2) is 0 Å². The van der Waals surface area contributed by atoms with E-state index in [-0.39, 0.29) is 0 Å². The first kappa shape index (κ1) is 13.0. The summed E-state index contributed by atoms with van der Waals surface area (Å²) in [7, 11) is 1.59. The fourth-order valence-corrected chi connectivity index (χ4v) is 2.94. The van der Waals surface area contributed by atoms with Crippen molar-refractivity contribution in [2.24, 2.45) is 0 Å². The van der Waals surface area contributed by atoms with Gasteiger partial charge in [0.05, 0.1) is 12.7 Å². The number of ether oxygens (including phenoxy) is 1. The van der Waals surface area contributed by atoms with E-state index in [9.17, 15) is 0 Å². The number of hydrogen-bond acceptors (Lipinski definition) is 5. The molecule has 0 spiro atoms. The van der Waals surface area contributed by atoms with Crippen molar-refractivity contribution in [1.82, 2.24) is 5.16 Å². The number of benzene rings is 1. The summed E-state index contributed by atoms with van der Waals surface area (Å²) < 4.78 is 10.5. The Morgan fingerprint density at radius 3 is 2.90 bits per heavy atom. The third kappa shape index (κ3) is 2.15. The van der Waals surface area contributed by atoms with Gasteiger partial charge in [-0.3, -0.25) is 0 Å². The average Bonchev–Trinajstić information content (AvgIpc) is 3.07. The highest BCUT2D eigenvalue weighted by Crippen LogP contribution is 2.42. The van der Waals surface area contributed by atoms with Crippen LogP contribution in [0, 0.1) is 0 Å². The van der Waals surface area contributed by atoms with Gasteiger partial charge in [-0.1, -0.05) is 22.8 Å². The number of methoxy groups -OCH3 is 1. The molecule has 0 bridgehead atoms. The van der Waals surface area contributed by atoms with Crippen LogP contribution in [0.4, 0.5) is 5.88 Å². The Bertz CT molecular complexity index is 738. The molecule has 4 nitrogen and oxygen atoms in total.